The Bertz CT molecular complexity index is 702. The summed E-state index contributed by atoms with van der Waals surface area (Å²) in [7, 11) is -3.41. The van der Waals surface area contributed by atoms with E-state index in [1.807, 2.05) is 32.9 Å². The number of amides is 1. The zero-order valence-corrected chi connectivity index (χ0v) is 14.7. The topological polar surface area (TPSA) is 66.5 Å². The maximum atomic E-state index is 12.7. The number of benzene rings is 1. The number of rotatable bonds is 3. The molecule has 126 valence electrons. The van der Waals surface area contributed by atoms with Gasteiger partial charge >= 0.3 is 0 Å². The van der Waals surface area contributed by atoms with Crippen molar-refractivity contribution in [3.8, 4) is 0 Å². The minimum absolute atomic E-state index is 0.0946. The quantitative estimate of drug-likeness (QED) is 0.858. The van der Waals surface area contributed by atoms with Gasteiger partial charge in [0.1, 0.15) is 0 Å². The lowest BCUT2D eigenvalue weighted by Gasteiger charge is -2.49. The highest BCUT2D eigenvalue weighted by Gasteiger charge is 2.51. The van der Waals surface area contributed by atoms with Crippen LogP contribution in [0.1, 0.15) is 32.3 Å². The lowest BCUT2D eigenvalue weighted by molar-refractivity contribution is -0.146. The predicted molar refractivity (Wildman–Crippen MR) is 88.4 cm³/mol. The SMILES string of the molecule is Cc1ccc(S(=O)(=O)N2CCC(C3NC(=O)C3(C)C)CC2)cc1. The van der Waals surface area contributed by atoms with E-state index < -0.39 is 10.0 Å². The average Bonchev–Trinajstić information content (AvgIpc) is 2.53. The number of carbonyl (C=O) groups is 1. The summed E-state index contributed by atoms with van der Waals surface area (Å²) in [4.78, 5) is 12.0. The molecule has 2 fully saturated rings. The van der Waals surface area contributed by atoms with Crippen LogP contribution in [0.5, 0.6) is 0 Å². The van der Waals surface area contributed by atoms with E-state index in [0.29, 0.717) is 23.9 Å². The van der Waals surface area contributed by atoms with Crippen LogP contribution in [0.3, 0.4) is 0 Å². The number of β-lactam (4-membered cyclic amide) rings is 1. The molecule has 0 spiro atoms. The number of nitrogens with one attached hydrogen (secondary N) is 1. The highest BCUT2D eigenvalue weighted by molar-refractivity contribution is 7.89. The van der Waals surface area contributed by atoms with Gasteiger partial charge in [0, 0.05) is 19.1 Å². The molecule has 3 rings (SSSR count). The van der Waals surface area contributed by atoms with Gasteiger partial charge in [0.2, 0.25) is 15.9 Å². The molecular weight excluding hydrogens is 312 g/mol. The van der Waals surface area contributed by atoms with Gasteiger partial charge in [-0.3, -0.25) is 4.79 Å². The lowest BCUT2D eigenvalue weighted by Crippen LogP contribution is -2.68. The second-order valence-corrected chi connectivity index (χ2v) is 9.17. The normalized spacial score (nSPS) is 25.7. The molecule has 6 heteroatoms. The highest BCUT2D eigenvalue weighted by atomic mass is 32.2. The molecule has 1 aromatic rings. The van der Waals surface area contributed by atoms with Gasteiger partial charge in [0.25, 0.3) is 0 Å². The molecule has 5 nitrogen and oxygen atoms in total. The molecule has 0 aromatic heterocycles. The monoisotopic (exact) mass is 336 g/mol. The molecule has 0 bridgehead atoms. The fourth-order valence-electron chi connectivity index (χ4n) is 3.59. The fourth-order valence-corrected chi connectivity index (χ4v) is 5.06. The molecule has 1 aromatic carbocycles. The minimum Gasteiger partial charge on any atom is -0.351 e. The third kappa shape index (κ3) is 2.78. The van der Waals surface area contributed by atoms with E-state index >= 15 is 0 Å². The number of hydrogen-bond donors (Lipinski definition) is 1. The average molecular weight is 336 g/mol. The summed E-state index contributed by atoms with van der Waals surface area (Å²) in [6.45, 7) is 6.90. The Kier molecular flexibility index (Phi) is 4.01. The Morgan fingerprint density at radius 2 is 1.70 bits per heavy atom. The molecule has 1 amide bonds. The van der Waals surface area contributed by atoms with Crippen molar-refractivity contribution < 1.29 is 13.2 Å². The third-order valence-electron chi connectivity index (χ3n) is 5.28. The summed E-state index contributed by atoms with van der Waals surface area (Å²) in [6, 6.07) is 7.16. The molecule has 23 heavy (non-hydrogen) atoms. The van der Waals surface area contributed by atoms with Gasteiger partial charge in [-0.15, -0.1) is 0 Å². The van der Waals surface area contributed by atoms with Crippen LogP contribution in [0, 0.1) is 18.3 Å². The van der Waals surface area contributed by atoms with Crippen molar-refractivity contribution in [1.29, 1.82) is 0 Å². The number of carbonyl (C=O) groups excluding carboxylic acids is 1. The van der Waals surface area contributed by atoms with Crippen LogP contribution in [0.2, 0.25) is 0 Å². The van der Waals surface area contributed by atoms with Crippen LogP contribution < -0.4 is 5.32 Å². The van der Waals surface area contributed by atoms with Crippen LogP contribution in [-0.4, -0.2) is 37.8 Å². The smallest absolute Gasteiger partial charge is 0.243 e. The summed E-state index contributed by atoms with van der Waals surface area (Å²) in [5, 5.41) is 2.99. The molecule has 2 aliphatic heterocycles. The molecule has 2 heterocycles. The van der Waals surface area contributed by atoms with Crippen molar-refractivity contribution in [2.75, 3.05) is 13.1 Å². The first-order chi connectivity index (χ1) is 10.7. The largest absolute Gasteiger partial charge is 0.351 e. The Hall–Kier alpha value is -1.40. The standard InChI is InChI=1S/C17H24N2O3S/c1-12-4-6-14(7-5-12)23(21,22)19-10-8-13(9-11-19)15-17(2,3)16(20)18-15/h4-7,13,15H,8-11H2,1-3H3,(H,18,20). The summed E-state index contributed by atoms with van der Waals surface area (Å²) < 4.78 is 27.0. The van der Waals surface area contributed by atoms with Crippen molar-refractivity contribution in [1.82, 2.24) is 9.62 Å². The molecular formula is C17H24N2O3S. The van der Waals surface area contributed by atoms with Gasteiger partial charge in [-0.2, -0.15) is 4.31 Å². The lowest BCUT2D eigenvalue weighted by atomic mass is 9.68. The molecule has 1 N–H and O–H groups in total. The van der Waals surface area contributed by atoms with Gasteiger partial charge in [-0.05, 0) is 51.7 Å². The molecule has 1 atom stereocenters. The van der Waals surface area contributed by atoms with E-state index in [2.05, 4.69) is 5.32 Å². The van der Waals surface area contributed by atoms with E-state index in [4.69, 9.17) is 0 Å². The molecule has 0 aliphatic carbocycles. The Labute approximate surface area is 138 Å². The number of aryl methyl sites for hydroxylation is 1. The summed E-state index contributed by atoms with van der Waals surface area (Å²) >= 11 is 0. The molecule has 1 unspecified atom stereocenters. The van der Waals surface area contributed by atoms with Crippen LogP contribution in [0.4, 0.5) is 0 Å². The number of piperidine rings is 1. The van der Waals surface area contributed by atoms with E-state index in [1.54, 1.807) is 16.4 Å². The van der Waals surface area contributed by atoms with Gasteiger partial charge in [0.05, 0.1) is 10.3 Å². The van der Waals surface area contributed by atoms with Crippen molar-refractivity contribution in [2.24, 2.45) is 11.3 Å². The predicted octanol–water partition coefficient (Wildman–Crippen LogP) is 1.92. The molecule has 2 aliphatic rings. The maximum Gasteiger partial charge on any atom is 0.243 e. The zero-order valence-electron chi connectivity index (χ0n) is 13.9. The first kappa shape index (κ1) is 16.5. The first-order valence-corrected chi connectivity index (χ1v) is 9.55. The van der Waals surface area contributed by atoms with Gasteiger partial charge < -0.3 is 5.32 Å². The van der Waals surface area contributed by atoms with Crippen molar-refractivity contribution >= 4 is 15.9 Å². The van der Waals surface area contributed by atoms with Gasteiger partial charge in [-0.1, -0.05) is 17.7 Å². The number of hydrogen-bond acceptors (Lipinski definition) is 3. The van der Waals surface area contributed by atoms with Crippen molar-refractivity contribution in [3.05, 3.63) is 29.8 Å². The number of nitrogens with zero attached hydrogens (tertiary/aromatic N) is 1. The highest BCUT2D eigenvalue weighted by Crippen LogP contribution is 2.39. The number of sulfonamides is 1. The molecule has 0 saturated carbocycles. The summed E-state index contributed by atoms with van der Waals surface area (Å²) in [5.74, 6) is 0.448. The second-order valence-electron chi connectivity index (χ2n) is 7.23. The zero-order chi connectivity index (χ0) is 16.8. The van der Waals surface area contributed by atoms with Crippen LogP contribution in [0.25, 0.3) is 0 Å². The minimum atomic E-state index is -3.41. The Balaban J connectivity index is 1.67. The first-order valence-electron chi connectivity index (χ1n) is 8.11. The summed E-state index contributed by atoms with van der Waals surface area (Å²) in [6.07, 6.45) is 1.58. The van der Waals surface area contributed by atoms with Crippen LogP contribution >= 0.6 is 0 Å². The Morgan fingerprint density at radius 3 is 2.17 bits per heavy atom. The van der Waals surface area contributed by atoms with Crippen LogP contribution in [-0.2, 0) is 14.8 Å². The van der Waals surface area contributed by atoms with Gasteiger partial charge in [-0.25, -0.2) is 8.42 Å². The van der Waals surface area contributed by atoms with Crippen molar-refractivity contribution in [2.45, 2.75) is 44.6 Å². The second kappa shape index (κ2) is 5.60. The van der Waals surface area contributed by atoms with E-state index in [1.165, 1.54) is 0 Å². The molecule has 2 saturated heterocycles. The van der Waals surface area contributed by atoms with E-state index in [-0.39, 0.29) is 17.4 Å². The molecule has 0 radical (unpaired) electrons. The summed E-state index contributed by atoms with van der Waals surface area (Å²) in [5.41, 5.74) is 0.716. The third-order valence-corrected chi connectivity index (χ3v) is 7.19. The maximum absolute atomic E-state index is 12.7. The van der Waals surface area contributed by atoms with Crippen LogP contribution in [0.15, 0.2) is 29.2 Å². The van der Waals surface area contributed by atoms with E-state index in [9.17, 15) is 13.2 Å². The Morgan fingerprint density at radius 1 is 1.13 bits per heavy atom. The fraction of sp³-hybridized carbons (Fsp3) is 0.588. The van der Waals surface area contributed by atoms with Crippen molar-refractivity contribution in [3.63, 3.8) is 0 Å². The van der Waals surface area contributed by atoms with E-state index in [0.717, 1.165) is 18.4 Å². The van der Waals surface area contributed by atoms with Gasteiger partial charge in [0.15, 0.2) is 0 Å².